The molecule has 1 aromatic heterocycles. The molecule has 1 rings (SSSR count). The van der Waals surface area contributed by atoms with Crippen LogP contribution < -0.4 is 0 Å². The number of hydrogen-bond donors (Lipinski definition) is 1. The maximum atomic E-state index is 13.4. The van der Waals surface area contributed by atoms with Crippen molar-refractivity contribution < 1.29 is 49.4 Å². The van der Waals surface area contributed by atoms with E-state index >= 15 is 0 Å². The minimum absolute atomic E-state index is 0.180. The van der Waals surface area contributed by atoms with Crippen LogP contribution in [0.25, 0.3) is 6.08 Å². The molecule has 0 amide bonds. The fourth-order valence-electron chi connectivity index (χ4n) is 1.59. The Labute approximate surface area is 139 Å². The Morgan fingerprint density at radius 3 is 2.12 bits per heavy atom. The van der Waals surface area contributed by atoms with E-state index in [0.717, 1.165) is 19.2 Å². The van der Waals surface area contributed by atoms with Gasteiger partial charge in [-0.3, -0.25) is 4.68 Å². The molecule has 0 bridgehead atoms. The summed E-state index contributed by atoms with van der Waals surface area (Å²) >= 11 is 0. The fraction of sp³-hybridized carbons (Fsp3) is 0.583. The van der Waals surface area contributed by atoms with Crippen molar-refractivity contribution in [3.8, 4) is 0 Å². The second kappa shape index (κ2) is 6.79. The van der Waals surface area contributed by atoms with E-state index in [0.29, 0.717) is 4.68 Å². The normalized spacial score (nSPS) is 14.6. The second-order valence-corrected chi connectivity index (χ2v) is 5.14. The van der Waals surface area contributed by atoms with Crippen LogP contribution in [0.15, 0.2) is 11.8 Å². The van der Waals surface area contributed by atoms with Gasteiger partial charge in [0.15, 0.2) is 0 Å². The lowest BCUT2D eigenvalue weighted by molar-refractivity contribution is -0.397. The van der Waals surface area contributed by atoms with Crippen molar-refractivity contribution in [3.63, 3.8) is 0 Å². The molecular weight excluding hydrogens is 389 g/mol. The number of alkyl halides is 9. The minimum Gasteiger partial charge on any atom is -0.478 e. The number of nitrogens with zero attached hydrogens (tertiary/aromatic N) is 3. The number of aryl methyl sites for hydroxylation is 1. The Hall–Kier alpha value is -2.28. The first kappa shape index (κ1) is 21.8. The molecule has 1 N–H and O–H groups in total. The maximum Gasteiger partial charge on any atom is 0.460 e. The maximum absolute atomic E-state index is 13.4. The third kappa shape index (κ3) is 4.09. The van der Waals surface area contributed by atoms with Crippen LogP contribution in [0.3, 0.4) is 0 Å². The summed E-state index contributed by atoms with van der Waals surface area (Å²) in [6, 6.07) is 0. The highest BCUT2D eigenvalue weighted by Gasteiger charge is 2.81. The van der Waals surface area contributed by atoms with Crippen LogP contribution in [0.1, 0.15) is 19.0 Å². The number of rotatable bonds is 7. The van der Waals surface area contributed by atoms with Crippen molar-refractivity contribution in [2.24, 2.45) is 0 Å². The minimum atomic E-state index is -6.95. The van der Waals surface area contributed by atoms with Gasteiger partial charge in [-0.25, -0.2) is 4.79 Å². The molecule has 148 valence electrons. The predicted octanol–water partition coefficient (Wildman–Crippen LogP) is 3.62. The lowest BCUT2D eigenvalue weighted by Gasteiger charge is -2.33. The van der Waals surface area contributed by atoms with Gasteiger partial charge in [0.2, 0.25) is 0 Å². The molecule has 0 radical (unpaired) electrons. The van der Waals surface area contributed by atoms with Gasteiger partial charge in [-0.15, -0.1) is 5.10 Å². The van der Waals surface area contributed by atoms with Gasteiger partial charge in [-0.2, -0.15) is 39.5 Å². The predicted molar refractivity (Wildman–Crippen MR) is 66.8 cm³/mol. The van der Waals surface area contributed by atoms with Gasteiger partial charge in [0.1, 0.15) is 5.69 Å². The summed E-state index contributed by atoms with van der Waals surface area (Å²) in [7, 11) is 0. The van der Waals surface area contributed by atoms with Crippen LogP contribution in [0, 0.1) is 0 Å². The number of carboxylic acids is 1. The highest BCUT2D eigenvalue weighted by molar-refractivity contribution is 5.90. The van der Waals surface area contributed by atoms with Crippen molar-refractivity contribution in [1.82, 2.24) is 15.0 Å². The second-order valence-electron chi connectivity index (χ2n) is 5.14. The smallest absolute Gasteiger partial charge is 0.460 e. The summed E-state index contributed by atoms with van der Waals surface area (Å²) in [6.45, 7) is -0.0290. The quantitative estimate of drug-likeness (QED) is 0.562. The molecule has 5 nitrogen and oxygen atoms in total. The van der Waals surface area contributed by atoms with Crippen LogP contribution >= 0.6 is 0 Å². The lowest BCUT2D eigenvalue weighted by Crippen LogP contribution is -2.61. The van der Waals surface area contributed by atoms with Gasteiger partial charge in [-0.1, -0.05) is 5.21 Å². The molecule has 0 fully saturated rings. The first-order valence-electron chi connectivity index (χ1n) is 6.55. The van der Waals surface area contributed by atoms with Crippen LogP contribution in [0.2, 0.25) is 0 Å². The summed E-state index contributed by atoms with van der Waals surface area (Å²) in [6.07, 6.45) is -7.21. The van der Waals surface area contributed by atoms with Gasteiger partial charge in [0.05, 0.1) is 6.20 Å². The highest BCUT2D eigenvalue weighted by Crippen LogP contribution is 2.54. The Bertz CT molecular complexity index is 694. The zero-order valence-corrected chi connectivity index (χ0v) is 12.7. The van der Waals surface area contributed by atoms with E-state index in [9.17, 15) is 44.3 Å². The van der Waals surface area contributed by atoms with Crippen molar-refractivity contribution >= 4 is 12.0 Å². The van der Waals surface area contributed by atoms with Crippen molar-refractivity contribution in [3.05, 3.63) is 17.5 Å². The van der Waals surface area contributed by atoms with Crippen LogP contribution in [0.4, 0.5) is 39.5 Å². The molecule has 26 heavy (non-hydrogen) atoms. The molecule has 1 aromatic rings. The molecule has 14 heteroatoms. The molecule has 0 saturated carbocycles. The topological polar surface area (TPSA) is 68.0 Å². The molecule has 0 aliphatic carbocycles. The first-order chi connectivity index (χ1) is 11.5. The van der Waals surface area contributed by atoms with Gasteiger partial charge in [0.25, 0.3) is 0 Å². The molecule has 0 saturated heterocycles. The van der Waals surface area contributed by atoms with Gasteiger partial charge in [-0.05, 0) is 13.0 Å². The van der Waals surface area contributed by atoms with E-state index in [1.807, 2.05) is 0 Å². The number of carboxylic acid groups (broad SMARTS) is 1. The standard InChI is InChI=1S/C12H10F9N3O2/c1-6(8(25)26)4-7-5-24(23-22-7)3-2-9(13,14)10(15,16)11(17,18)12(19,20)21/h4-5H,2-3H2,1H3,(H,25,26). The molecule has 0 aliphatic heterocycles. The number of aromatic nitrogens is 3. The number of aliphatic carboxylic acids is 1. The lowest BCUT2D eigenvalue weighted by atomic mass is 10.0. The Balaban J connectivity index is 2.94. The highest BCUT2D eigenvalue weighted by atomic mass is 19.4. The summed E-state index contributed by atoms with van der Waals surface area (Å²) in [5.41, 5.74) is -0.417. The molecule has 0 spiro atoms. The SMILES string of the molecule is CC(=Cc1cn(CCC(F)(F)C(F)(F)C(F)(F)C(F)(F)F)nn1)C(=O)O. The Kier molecular flexibility index (Phi) is 5.69. The van der Waals surface area contributed by atoms with Gasteiger partial charge in [0, 0.05) is 18.5 Å². The third-order valence-corrected chi connectivity index (χ3v) is 3.12. The van der Waals surface area contributed by atoms with Crippen LogP contribution in [-0.2, 0) is 11.3 Å². The first-order valence-corrected chi connectivity index (χ1v) is 6.55. The van der Waals surface area contributed by atoms with E-state index < -0.39 is 42.9 Å². The summed E-state index contributed by atoms with van der Waals surface area (Å²) in [5, 5.41) is 15.1. The van der Waals surface area contributed by atoms with E-state index in [1.165, 1.54) is 0 Å². The zero-order chi connectivity index (χ0) is 20.6. The fourth-order valence-corrected chi connectivity index (χ4v) is 1.59. The summed E-state index contributed by atoms with van der Waals surface area (Å²) in [4.78, 5) is 10.6. The average molecular weight is 399 g/mol. The number of hydrogen-bond acceptors (Lipinski definition) is 3. The van der Waals surface area contributed by atoms with E-state index in [1.54, 1.807) is 0 Å². The third-order valence-electron chi connectivity index (χ3n) is 3.12. The zero-order valence-electron chi connectivity index (χ0n) is 12.7. The largest absolute Gasteiger partial charge is 0.478 e. The van der Waals surface area contributed by atoms with Gasteiger partial charge < -0.3 is 5.11 Å². The van der Waals surface area contributed by atoms with E-state index in [2.05, 4.69) is 10.3 Å². The van der Waals surface area contributed by atoms with Crippen LogP contribution in [0.5, 0.6) is 0 Å². The summed E-state index contributed by atoms with van der Waals surface area (Å²) in [5.74, 6) is -20.7. The molecule has 0 atom stereocenters. The number of carbonyl (C=O) groups is 1. The summed E-state index contributed by atoms with van der Waals surface area (Å²) < 4.78 is 115. The number of halogens is 9. The molecular formula is C12H10F9N3O2. The average Bonchev–Trinajstić information content (AvgIpc) is 2.91. The molecule has 1 heterocycles. The van der Waals surface area contributed by atoms with Crippen molar-refractivity contribution in [2.75, 3.05) is 0 Å². The van der Waals surface area contributed by atoms with Gasteiger partial charge >= 0.3 is 29.9 Å². The monoisotopic (exact) mass is 399 g/mol. The van der Waals surface area contributed by atoms with Crippen molar-refractivity contribution in [1.29, 1.82) is 0 Å². The Morgan fingerprint density at radius 2 is 1.65 bits per heavy atom. The Morgan fingerprint density at radius 1 is 1.12 bits per heavy atom. The van der Waals surface area contributed by atoms with E-state index in [-0.39, 0.29) is 11.3 Å². The molecule has 0 aliphatic rings. The van der Waals surface area contributed by atoms with E-state index in [4.69, 9.17) is 5.11 Å². The van der Waals surface area contributed by atoms with Crippen molar-refractivity contribution in [2.45, 2.75) is 43.8 Å². The molecule has 0 unspecified atom stereocenters. The van der Waals surface area contributed by atoms with Crippen LogP contribution in [-0.4, -0.2) is 50.0 Å². The molecule has 0 aromatic carbocycles.